The smallest absolute Gasteiger partial charge is 0.146 e. The number of fused-ring (bicyclic) bond motifs is 1. The van der Waals surface area contributed by atoms with Crippen LogP contribution in [-0.2, 0) is 0 Å². The molecule has 2 aromatic carbocycles. The third-order valence-corrected chi connectivity index (χ3v) is 5.06. The minimum atomic E-state index is -0.525. The number of methoxy groups -OCH3 is 3. The molecule has 3 rings (SSSR count). The molecule has 0 saturated carbocycles. The second-order valence-corrected chi connectivity index (χ2v) is 6.65. The van der Waals surface area contributed by atoms with Gasteiger partial charge in [0.15, 0.2) is 0 Å². The maximum Gasteiger partial charge on any atom is 0.146 e. The predicted octanol–water partition coefficient (Wildman–Crippen LogP) is 2.65. The number of aliphatic hydroxyl groups is 2. The van der Waals surface area contributed by atoms with Crippen molar-refractivity contribution in [3.8, 4) is 23.0 Å². The molecule has 0 radical (unpaired) electrons. The fourth-order valence-corrected chi connectivity index (χ4v) is 3.67. The largest absolute Gasteiger partial charge is 0.496 e. The molecule has 2 atom stereocenters. The molecular weight excluding hydrogens is 374 g/mol. The van der Waals surface area contributed by atoms with Crippen molar-refractivity contribution in [3.05, 3.63) is 47.5 Å². The average Bonchev–Trinajstić information content (AvgIpc) is 2.76. The van der Waals surface area contributed by atoms with E-state index in [-0.39, 0.29) is 19.3 Å². The Labute approximate surface area is 170 Å². The van der Waals surface area contributed by atoms with Crippen LogP contribution in [0.15, 0.2) is 36.4 Å². The first-order chi connectivity index (χ1) is 14.1. The molecule has 1 aliphatic heterocycles. The van der Waals surface area contributed by atoms with Gasteiger partial charge in [0.25, 0.3) is 0 Å². The number of ether oxygens (including phenoxy) is 4. The Morgan fingerprint density at radius 1 is 1.03 bits per heavy atom. The van der Waals surface area contributed by atoms with E-state index < -0.39 is 6.10 Å². The summed E-state index contributed by atoms with van der Waals surface area (Å²) >= 11 is 0. The van der Waals surface area contributed by atoms with Crippen LogP contribution in [0.4, 0.5) is 5.69 Å². The van der Waals surface area contributed by atoms with Gasteiger partial charge in [-0.05, 0) is 17.7 Å². The standard InChI is InChI=1S/C22H27NO6/c1-23-16-10-14(6-5-9-24)7-8-17(16)29-20(13-25)22(23)21-18(27-3)11-15(26-2)12-19(21)28-4/h5-8,10-12,20,22,24-25H,9,13H2,1-4H3/b6-5+/t20-,22+/m0/s1. The highest BCUT2D eigenvalue weighted by molar-refractivity contribution is 5.69. The summed E-state index contributed by atoms with van der Waals surface area (Å²) in [6.45, 7) is -0.210. The molecule has 2 aromatic rings. The number of hydrogen-bond donors (Lipinski definition) is 2. The number of nitrogens with zero attached hydrogens (tertiary/aromatic N) is 1. The fourth-order valence-electron chi connectivity index (χ4n) is 3.67. The van der Waals surface area contributed by atoms with Crippen LogP contribution < -0.4 is 23.8 Å². The molecule has 156 valence electrons. The summed E-state index contributed by atoms with van der Waals surface area (Å²) in [4.78, 5) is 2.04. The topological polar surface area (TPSA) is 80.6 Å². The van der Waals surface area contributed by atoms with Crippen LogP contribution in [0.25, 0.3) is 6.08 Å². The maximum absolute atomic E-state index is 10.1. The molecular formula is C22H27NO6. The first-order valence-electron chi connectivity index (χ1n) is 9.29. The zero-order valence-electron chi connectivity index (χ0n) is 17.1. The van der Waals surface area contributed by atoms with Gasteiger partial charge in [-0.15, -0.1) is 0 Å². The summed E-state index contributed by atoms with van der Waals surface area (Å²) < 4.78 is 22.7. The quantitative estimate of drug-likeness (QED) is 0.738. The number of hydrogen-bond acceptors (Lipinski definition) is 7. The van der Waals surface area contributed by atoms with Gasteiger partial charge in [0.2, 0.25) is 0 Å². The van der Waals surface area contributed by atoms with Crippen LogP contribution >= 0.6 is 0 Å². The van der Waals surface area contributed by atoms with Gasteiger partial charge in [0, 0.05) is 19.2 Å². The van der Waals surface area contributed by atoms with Crippen molar-refractivity contribution in [2.24, 2.45) is 0 Å². The average molecular weight is 401 g/mol. The summed E-state index contributed by atoms with van der Waals surface area (Å²) in [5.41, 5.74) is 2.56. The first kappa shape index (κ1) is 20.8. The Hall–Kier alpha value is -2.90. The molecule has 0 fully saturated rings. The van der Waals surface area contributed by atoms with Gasteiger partial charge in [-0.2, -0.15) is 0 Å². The highest BCUT2D eigenvalue weighted by atomic mass is 16.5. The van der Waals surface area contributed by atoms with Crippen molar-refractivity contribution in [1.29, 1.82) is 0 Å². The Kier molecular flexibility index (Phi) is 6.51. The Morgan fingerprint density at radius 3 is 2.28 bits per heavy atom. The van der Waals surface area contributed by atoms with Gasteiger partial charge in [0.1, 0.15) is 35.1 Å². The van der Waals surface area contributed by atoms with Crippen molar-refractivity contribution >= 4 is 11.8 Å². The molecule has 0 amide bonds. The van der Waals surface area contributed by atoms with Crippen molar-refractivity contribution in [2.45, 2.75) is 12.1 Å². The zero-order valence-corrected chi connectivity index (χ0v) is 17.1. The highest BCUT2D eigenvalue weighted by Crippen LogP contribution is 2.48. The lowest BCUT2D eigenvalue weighted by Crippen LogP contribution is -2.43. The van der Waals surface area contributed by atoms with E-state index in [0.29, 0.717) is 23.0 Å². The Morgan fingerprint density at radius 2 is 1.72 bits per heavy atom. The summed E-state index contributed by atoms with van der Waals surface area (Å²) in [6.07, 6.45) is 2.99. The van der Waals surface area contributed by atoms with E-state index in [1.807, 2.05) is 36.2 Å². The van der Waals surface area contributed by atoms with Crippen LogP contribution in [-0.4, -0.2) is 57.9 Å². The second kappa shape index (κ2) is 9.07. The Balaban J connectivity index is 2.14. The van der Waals surface area contributed by atoms with Crippen molar-refractivity contribution in [3.63, 3.8) is 0 Å². The van der Waals surface area contributed by atoms with Gasteiger partial charge in [-0.3, -0.25) is 0 Å². The second-order valence-electron chi connectivity index (χ2n) is 6.65. The number of likely N-dealkylation sites (N-methyl/N-ethyl adjacent to an activating group) is 1. The number of aliphatic hydroxyl groups excluding tert-OH is 2. The normalized spacial score (nSPS) is 18.3. The summed E-state index contributed by atoms with van der Waals surface area (Å²) in [5.74, 6) is 2.45. The molecule has 1 aliphatic rings. The van der Waals surface area contributed by atoms with E-state index in [2.05, 4.69) is 0 Å². The molecule has 7 nitrogen and oxygen atoms in total. The third kappa shape index (κ3) is 3.97. The SMILES string of the molecule is COc1cc(OC)c([C@H]2[C@H](CO)Oc3ccc(/C=C/CO)cc3N2C)c(OC)c1. The predicted molar refractivity (Wildman–Crippen MR) is 111 cm³/mol. The maximum atomic E-state index is 10.1. The van der Waals surface area contributed by atoms with E-state index >= 15 is 0 Å². The van der Waals surface area contributed by atoms with E-state index in [4.69, 9.17) is 24.1 Å². The highest BCUT2D eigenvalue weighted by Gasteiger charge is 2.38. The molecule has 2 N–H and O–H groups in total. The lowest BCUT2D eigenvalue weighted by molar-refractivity contribution is 0.0821. The van der Waals surface area contributed by atoms with Crippen LogP contribution in [0, 0.1) is 0 Å². The molecule has 1 heterocycles. The zero-order chi connectivity index (χ0) is 21.0. The monoisotopic (exact) mass is 401 g/mol. The number of benzene rings is 2. The minimum absolute atomic E-state index is 0.0289. The van der Waals surface area contributed by atoms with Crippen molar-refractivity contribution in [2.75, 3.05) is 46.5 Å². The molecule has 0 saturated heterocycles. The molecule has 29 heavy (non-hydrogen) atoms. The molecule has 7 heteroatoms. The first-order valence-corrected chi connectivity index (χ1v) is 9.29. The van der Waals surface area contributed by atoms with E-state index in [9.17, 15) is 5.11 Å². The molecule has 0 aliphatic carbocycles. The van der Waals surface area contributed by atoms with Gasteiger partial charge in [-0.1, -0.05) is 18.2 Å². The van der Waals surface area contributed by atoms with Gasteiger partial charge < -0.3 is 34.1 Å². The third-order valence-electron chi connectivity index (χ3n) is 5.06. The van der Waals surface area contributed by atoms with Crippen LogP contribution in [0.1, 0.15) is 17.2 Å². The number of rotatable bonds is 7. The lowest BCUT2D eigenvalue weighted by Gasteiger charge is -2.42. The van der Waals surface area contributed by atoms with Gasteiger partial charge in [-0.25, -0.2) is 0 Å². The van der Waals surface area contributed by atoms with E-state index in [0.717, 1.165) is 16.8 Å². The van der Waals surface area contributed by atoms with Gasteiger partial charge >= 0.3 is 0 Å². The lowest BCUT2D eigenvalue weighted by atomic mass is 9.95. The number of anilines is 1. The summed E-state index contributed by atoms with van der Waals surface area (Å²) in [6, 6.07) is 8.96. The van der Waals surface area contributed by atoms with Crippen LogP contribution in [0.5, 0.6) is 23.0 Å². The van der Waals surface area contributed by atoms with Gasteiger partial charge in [0.05, 0.1) is 45.8 Å². The molecule has 0 aromatic heterocycles. The summed E-state index contributed by atoms with van der Waals surface area (Å²) in [5, 5.41) is 19.1. The van der Waals surface area contributed by atoms with E-state index in [1.54, 1.807) is 39.5 Å². The van der Waals surface area contributed by atoms with Crippen LogP contribution in [0.3, 0.4) is 0 Å². The Bertz CT molecular complexity index is 857. The summed E-state index contributed by atoms with van der Waals surface area (Å²) in [7, 11) is 6.69. The molecule has 0 spiro atoms. The molecule has 0 unspecified atom stereocenters. The van der Waals surface area contributed by atoms with Crippen LogP contribution in [0.2, 0.25) is 0 Å². The minimum Gasteiger partial charge on any atom is -0.496 e. The van der Waals surface area contributed by atoms with E-state index in [1.165, 1.54) is 0 Å². The molecule has 0 bridgehead atoms. The fraction of sp³-hybridized carbons (Fsp3) is 0.364. The van der Waals surface area contributed by atoms with Crippen molar-refractivity contribution in [1.82, 2.24) is 0 Å². The van der Waals surface area contributed by atoms with Crippen molar-refractivity contribution < 1.29 is 29.2 Å².